The monoisotopic (exact) mass is 277 g/mol. The second kappa shape index (κ2) is 4.84. The molecule has 1 aromatic carbocycles. The number of ether oxygens (including phenoxy) is 1. The van der Waals surface area contributed by atoms with Gasteiger partial charge in [0, 0.05) is 5.39 Å². The number of aromatic nitrogens is 1. The van der Waals surface area contributed by atoms with Crippen molar-refractivity contribution in [3.8, 4) is 0 Å². The number of fused-ring (bicyclic) bond motifs is 3. The van der Waals surface area contributed by atoms with Crippen molar-refractivity contribution in [3.63, 3.8) is 0 Å². The second-order valence-corrected chi connectivity index (χ2v) is 5.74. The topological polar surface area (TPSA) is 25.0 Å². The number of nitrogens with one attached hydrogen (secondary N) is 1. The van der Waals surface area contributed by atoms with Crippen LogP contribution in [0.3, 0.4) is 0 Å². The number of para-hydroxylation sites is 1. The standard InChI is InChI=1S/C16H20ClNO/c1-3-9-16(4-2)15-12(8-10-19-16)11-6-5-7-13(17)14(11)18-15/h5-7,18H,3-4,8-10H2,1-2H3. The molecule has 0 bridgehead atoms. The third kappa shape index (κ3) is 1.89. The Hall–Kier alpha value is -0.990. The van der Waals surface area contributed by atoms with Crippen LogP contribution >= 0.6 is 11.6 Å². The molecule has 1 aliphatic heterocycles. The summed E-state index contributed by atoms with van der Waals surface area (Å²) < 4.78 is 6.18. The van der Waals surface area contributed by atoms with E-state index in [9.17, 15) is 0 Å². The van der Waals surface area contributed by atoms with Crippen molar-refractivity contribution in [1.82, 2.24) is 4.98 Å². The number of halogens is 1. The normalized spacial score (nSPS) is 22.7. The molecule has 19 heavy (non-hydrogen) atoms. The molecule has 0 amide bonds. The first-order chi connectivity index (χ1) is 9.22. The van der Waals surface area contributed by atoms with E-state index >= 15 is 0 Å². The average Bonchev–Trinajstić information content (AvgIpc) is 2.81. The van der Waals surface area contributed by atoms with Gasteiger partial charge in [-0.2, -0.15) is 0 Å². The van der Waals surface area contributed by atoms with Crippen molar-refractivity contribution in [2.24, 2.45) is 0 Å². The minimum Gasteiger partial charge on any atom is -0.368 e. The number of hydrogen-bond donors (Lipinski definition) is 1. The summed E-state index contributed by atoms with van der Waals surface area (Å²) in [7, 11) is 0. The third-order valence-electron chi connectivity index (χ3n) is 4.30. The molecule has 2 heterocycles. The van der Waals surface area contributed by atoms with Gasteiger partial charge < -0.3 is 9.72 Å². The fourth-order valence-electron chi connectivity index (χ4n) is 3.36. The summed E-state index contributed by atoms with van der Waals surface area (Å²) >= 11 is 6.32. The number of hydrogen-bond acceptors (Lipinski definition) is 1. The van der Waals surface area contributed by atoms with Gasteiger partial charge in [0.2, 0.25) is 0 Å². The molecule has 0 saturated heterocycles. The summed E-state index contributed by atoms with van der Waals surface area (Å²) in [6, 6.07) is 6.13. The van der Waals surface area contributed by atoms with E-state index in [-0.39, 0.29) is 5.60 Å². The highest BCUT2D eigenvalue weighted by molar-refractivity contribution is 6.35. The lowest BCUT2D eigenvalue weighted by molar-refractivity contribution is -0.0723. The summed E-state index contributed by atoms with van der Waals surface area (Å²) in [4.78, 5) is 3.55. The van der Waals surface area contributed by atoms with Gasteiger partial charge in [-0.25, -0.2) is 0 Å². The SMILES string of the molecule is CCCC1(CC)OCCc2c1[nH]c1c(Cl)cccc21. The van der Waals surface area contributed by atoms with Gasteiger partial charge in [-0.1, -0.05) is 44.0 Å². The van der Waals surface area contributed by atoms with Crippen LogP contribution in [0.5, 0.6) is 0 Å². The van der Waals surface area contributed by atoms with E-state index in [2.05, 4.69) is 24.9 Å². The molecule has 0 fully saturated rings. The summed E-state index contributed by atoms with van der Waals surface area (Å²) in [5.74, 6) is 0. The van der Waals surface area contributed by atoms with Crippen LogP contribution in [0.15, 0.2) is 18.2 Å². The van der Waals surface area contributed by atoms with E-state index in [0.717, 1.165) is 42.8 Å². The zero-order valence-corrected chi connectivity index (χ0v) is 12.3. The van der Waals surface area contributed by atoms with Crippen LogP contribution in [0, 0.1) is 0 Å². The number of benzene rings is 1. The number of aromatic amines is 1. The largest absolute Gasteiger partial charge is 0.368 e. The van der Waals surface area contributed by atoms with Crippen LogP contribution in [0.1, 0.15) is 44.4 Å². The molecule has 0 aliphatic carbocycles. The van der Waals surface area contributed by atoms with Gasteiger partial charge >= 0.3 is 0 Å². The van der Waals surface area contributed by atoms with Gasteiger partial charge in [-0.15, -0.1) is 0 Å². The van der Waals surface area contributed by atoms with Crippen molar-refractivity contribution in [3.05, 3.63) is 34.5 Å². The summed E-state index contributed by atoms with van der Waals surface area (Å²) in [5, 5.41) is 2.06. The Bertz CT molecular complexity index is 604. The summed E-state index contributed by atoms with van der Waals surface area (Å²) in [6.07, 6.45) is 4.15. The molecule has 3 rings (SSSR count). The lowest BCUT2D eigenvalue weighted by Gasteiger charge is -2.36. The maximum atomic E-state index is 6.32. The molecule has 0 spiro atoms. The first kappa shape index (κ1) is 13.0. The van der Waals surface area contributed by atoms with E-state index in [0.29, 0.717) is 0 Å². The van der Waals surface area contributed by atoms with Crippen LogP contribution < -0.4 is 0 Å². The molecule has 1 aliphatic rings. The Labute approximate surface area is 119 Å². The summed E-state index contributed by atoms with van der Waals surface area (Å²) in [5.41, 5.74) is 3.57. The minimum absolute atomic E-state index is 0.148. The zero-order chi connectivity index (χ0) is 13.5. The van der Waals surface area contributed by atoms with Crippen LogP contribution in [0.2, 0.25) is 5.02 Å². The maximum Gasteiger partial charge on any atom is 0.108 e. The lowest BCUT2D eigenvalue weighted by Crippen LogP contribution is -2.35. The van der Waals surface area contributed by atoms with E-state index in [1.165, 1.54) is 16.6 Å². The molecule has 1 unspecified atom stereocenters. The van der Waals surface area contributed by atoms with Crippen molar-refractivity contribution in [2.75, 3.05) is 6.61 Å². The molecule has 2 aromatic rings. The fourth-order valence-corrected chi connectivity index (χ4v) is 3.59. The molecule has 1 atom stereocenters. The van der Waals surface area contributed by atoms with Gasteiger partial charge in [0.1, 0.15) is 5.60 Å². The number of rotatable bonds is 3. The highest BCUT2D eigenvalue weighted by atomic mass is 35.5. The van der Waals surface area contributed by atoms with Gasteiger partial charge in [0.15, 0.2) is 0 Å². The minimum atomic E-state index is -0.148. The van der Waals surface area contributed by atoms with Crippen LogP contribution in [0.4, 0.5) is 0 Å². The Morgan fingerprint density at radius 3 is 2.95 bits per heavy atom. The van der Waals surface area contributed by atoms with Crippen LogP contribution in [0.25, 0.3) is 10.9 Å². The first-order valence-electron chi connectivity index (χ1n) is 7.15. The van der Waals surface area contributed by atoms with Crippen molar-refractivity contribution < 1.29 is 4.74 Å². The molecule has 0 radical (unpaired) electrons. The molecule has 3 heteroatoms. The van der Waals surface area contributed by atoms with E-state index in [1.54, 1.807) is 0 Å². The van der Waals surface area contributed by atoms with Crippen molar-refractivity contribution >= 4 is 22.5 Å². The van der Waals surface area contributed by atoms with Crippen molar-refractivity contribution in [1.29, 1.82) is 0 Å². The predicted molar refractivity (Wildman–Crippen MR) is 79.8 cm³/mol. The zero-order valence-electron chi connectivity index (χ0n) is 11.6. The molecule has 0 saturated carbocycles. The highest BCUT2D eigenvalue weighted by Gasteiger charge is 2.38. The molecule has 1 N–H and O–H groups in total. The van der Waals surface area contributed by atoms with Gasteiger partial charge in [0.25, 0.3) is 0 Å². The van der Waals surface area contributed by atoms with Gasteiger partial charge in [0.05, 0.1) is 22.8 Å². The number of H-pyrrole nitrogens is 1. The molecule has 2 nitrogen and oxygen atoms in total. The van der Waals surface area contributed by atoms with E-state index in [1.807, 2.05) is 12.1 Å². The Balaban J connectivity index is 2.25. The average molecular weight is 278 g/mol. The lowest BCUT2D eigenvalue weighted by atomic mass is 9.85. The highest BCUT2D eigenvalue weighted by Crippen LogP contribution is 2.43. The Kier molecular flexibility index (Phi) is 3.32. The summed E-state index contributed by atoms with van der Waals surface area (Å²) in [6.45, 7) is 5.23. The molecule has 102 valence electrons. The molecule has 1 aromatic heterocycles. The van der Waals surface area contributed by atoms with Crippen LogP contribution in [-0.2, 0) is 16.8 Å². The predicted octanol–water partition coefficient (Wildman–Crippen LogP) is 4.80. The third-order valence-corrected chi connectivity index (χ3v) is 4.62. The Morgan fingerprint density at radius 2 is 2.21 bits per heavy atom. The molecular weight excluding hydrogens is 258 g/mol. The van der Waals surface area contributed by atoms with Gasteiger partial charge in [-0.05, 0) is 30.9 Å². The maximum absolute atomic E-state index is 6.32. The Morgan fingerprint density at radius 1 is 1.37 bits per heavy atom. The van der Waals surface area contributed by atoms with E-state index < -0.39 is 0 Å². The van der Waals surface area contributed by atoms with E-state index in [4.69, 9.17) is 16.3 Å². The smallest absolute Gasteiger partial charge is 0.108 e. The second-order valence-electron chi connectivity index (χ2n) is 5.34. The van der Waals surface area contributed by atoms with Gasteiger partial charge in [-0.3, -0.25) is 0 Å². The van der Waals surface area contributed by atoms with Crippen molar-refractivity contribution in [2.45, 2.75) is 45.1 Å². The quantitative estimate of drug-likeness (QED) is 0.856. The first-order valence-corrected chi connectivity index (χ1v) is 7.53. The van der Waals surface area contributed by atoms with Crippen LogP contribution in [-0.4, -0.2) is 11.6 Å². The molecular formula is C16H20ClNO. The fraction of sp³-hybridized carbons (Fsp3) is 0.500.